The van der Waals surface area contributed by atoms with Crippen molar-refractivity contribution in [1.82, 2.24) is 10.3 Å². The minimum absolute atomic E-state index is 0.774. The number of hydrogen-bond acceptors (Lipinski definition) is 3. The van der Waals surface area contributed by atoms with Crippen LogP contribution in [0.1, 0.15) is 0 Å². The maximum atomic E-state index is 5.96. The number of thiazole rings is 1. The normalized spacial score (nSPS) is 16.9. The van der Waals surface area contributed by atoms with Crippen molar-refractivity contribution in [3.05, 3.63) is 23.2 Å². The number of rotatable bonds is 1. The van der Waals surface area contributed by atoms with Gasteiger partial charge in [0.1, 0.15) is 0 Å². The first-order valence-corrected chi connectivity index (χ1v) is 6.47. The molecule has 1 fully saturated rings. The molecule has 1 aromatic carbocycles. The molecule has 0 unspecified atom stereocenters. The highest BCUT2D eigenvalue weighted by molar-refractivity contribution is 7.22. The zero-order chi connectivity index (χ0) is 11.0. The minimum atomic E-state index is 0.774. The van der Waals surface area contributed by atoms with Gasteiger partial charge in [0.25, 0.3) is 0 Å². The highest BCUT2D eigenvalue weighted by Gasteiger charge is 2.15. The topological polar surface area (TPSA) is 30.2 Å². The lowest BCUT2D eigenvalue weighted by atomic mass is 10.3. The Labute approximate surface area is 103 Å². The van der Waals surface area contributed by atoms with Crippen LogP contribution in [-0.2, 0) is 0 Å². The van der Waals surface area contributed by atoms with Gasteiger partial charge in [0.15, 0.2) is 5.13 Å². The van der Waals surface area contributed by atoms with Gasteiger partial charge < -0.3 is 4.90 Å². The summed E-state index contributed by atoms with van der Waals surface area (Å²) in [5.74, 6) is 0. The molecule has 3 nitrogen and oxygen atoms in total. The van der Waals surface area contributed by atoms with Gasteiger partial charge in [-0.05, 0) is 18.2 Å². The number of hydrogen-bond donors (Lipinski definition) is 0. The Balaban J connectivity index is 1.97. The van der Waals surface area contributed by atoms with Gasteiger partial charge in [-0.15, -0.1) is 0 Å². The van der Waals surface area contributed by atoms with E-state index in [0.717, 1.165) is 46.5 Å². The van der Waals surface area contributed by atoms with E-state index in [1.165, 1.54) is 0 Å². The van der Waals surface area contributed by atoms with Crippen LogP contribution in [0.4, 0.5) is 5.13 Å². The molecular formula is C11H11ClN3S. The maximum absolute atomic E-state index is 5.96. The Hall–Kier alpha value is -0.840. The molecule has 1 aliphatic heterocycles. The first-order valence-electron chi connectivity index (χ1n) is 5.27. The van der Waals surface area contributed by atoms with Crippen LogP contribution in [0.15, 0.2) is 18.2 Å². The van der Waals surface area contributed by atoms with E-state index in [4.69, 9.17) is 11.6 Å². The van der Waals surface area contributed by atoms with Gasteiger partial charge in [0, 0.05) is 31.2 Å². The van der Waals surface area contributed by atoms with E-state index in [0.29, 0.717) is 0 Å². The molecule has 0 amide bonds. The van der Waals surface area contributed by atoms with Crippen LogP contribution in [-0.4, -0.2) is 31.2 Å². The number of anilines is 1. The van der Waals surface area contributed by atoms with Crippen molar-refractivity contribution < 1.29 is 0 Å². The Morgan fingerprint density at radius 1 is 1.25 bits per heavy atom. The van der Waals surface area contributed by atoms with Crippen molar-refractivity contribution in [2.75, 3.05) is 31.1 Å². The Morgan fingerprint density at radius 3 is 2.88 bits per heavy atom. The fourth-order valence-corrected chi connectivity index (χ4v) is 3.11. The smallest absolute Gasteiger partial charge is 0.186 e. The molecule has 0 aliphatic carbocycles. The fourth-order valence-electron chi connectivity index (χ4n) is 1.82. The third-order valence-corrected chi connectivity index (χ3v) is 3.98. The summed E-state index contributed by atoms with van der Waals surface area (Å²) >= 11 is 7.67. The Bertz CT molecular complexity index is 505. The molecule has 0 bridgehead atoms. The average Bonchev–Trinajstić information content (AvgIpc) is 2.73. The summed E-state index contributed by atoms with van der Waals surface area (Å²) in [7, 11) is 0. The summed E-state index contributed by atoms with van der Waals surface area (Å²) in [5.41, 5.74) is 1.03. The summed E-state index contributed by atoms with van der Waals surface area (Å²) in [6.45, 7) is 3.79. The molecule has 5 heteroatoms. The SMILES string of the molecule is Clc1ccc2nc(N3CC[N]CC3)sc2c1. The van der Waals surface area contributed by atoms with E-state index in [1.54, 1.807) is 11.3 Å². The van der Waals surface area contributed by atoms with Crippen molar-refractivity contribution >= 4 is 38.3 Å². The standard InChI is InChI=1S/C11H11ClN3S/c12-8-1-2-9-10(7-8)16-11(14-9)15-5-3-13-4-6-15/h1-2,7H,3-6H2. The molecule has 16 heavy (non-hydrogen) atoms. The van der Waals surface area contributed by atoms with Crippen LogP contribution in [0.5, 0.6) is 0 Å². The highest BCUT2D eigenvalue weighted by Crippen LogP contribution is 2.30. The van der Waals surface area contributed by atoms with Gasteiger partial charge in [-0.3, -0.25) is 0 Å². The molecule has 1 saturated heterocycles. The molecule has 2 aromatic rings. The van der Waals surface area contributed by atoms with Gasteiger partial charge in [-0.2, -0.15) is 0 Å². The van der Waals surface area contributed by atoms with Crippen LogP contribution in [0.2, 0.25) is 5.02 Å². The second-order valence-electron chi connectivity index (χ2n) is 3.77. The molecule has 1 radical (unpaired) electrons. The summed E-state index contributed by atoms with van der Waals surface area (Å²) in [5, 5.41) is 6.20. The number of halogens is 1. The summed E-state index contributed by atoms with van der Waals surface area (Å²) in [6, 6.07) is 5.84. The second-order valence-corrected chi connectivity index (χ2v) is 5.21. The molecular weight excluding hydrogens is 242 g/mol. The third-order valence-electron chi connectivity index (χ3n) is 2.67. The molecule has 83 valence electrons. The largest absolute Gasteiger partial charge is 0.345 e. The lowest BCUT2D eigenvalue weighted by Crippen LogP contribution is -2.40. The summed E-state index contributed by atoms with van der Waals surface area (Å²) in [6.07, 6.45) is 0. The van der Waals surface area contributed by atoms with Crippen LogP contribution < -0.4 is 10.2 Å². The van der Waals surface area contributed by atoms with Crippen molar-refractivity contribution in [1.29, 1.82) is 0 Å². The van der Waals surface area contributed by atoms with E-state index in [1.807, 2.05) is 18.2 Å². The number of piperazine rings is 1. The molecule has 0 atom stereocenters. The van der Waals surface area contributed by atoms with Gasteiger partial charge >= 0.3 is 0 Å². The number of benzene rings is 1. The predicted octanol–water partition coefficient (Wildman–Crippen LogP) is 2.37. The average molecular weight is 253 g/mol. The van der Waals surface area contributed by atoms with E-state index in [2.05, 4.69) is 15.2 Å². The van der Waals surface area contributed by atoms with Gasteiger partial charge in [-0.25, -0.2) is 10.3 Å². The Morgan fingerprint density at radius 2 is 2.06 bits per heavy atom. The molecule has 1 aliphatic rings. The van der Waals surface area contributed by atoms with Crippen LogP contribution in [0.3, 0.4) is 0 Å². The molecule has 0 spiro atoms. The van der Waals surface area contributed by atoms with Crippen LogP contribution in [0.25, 0.3) is 10.2 Å². The number of nitrogens with zero attached hydrogens (tertiary/aromatic N) is 3. The molecule has 0 N–H and O–H groups in total. The van der Waals surface area contributed by atoms with Gasteiger partial charge in [-0.1, -0.05) is 22.9 Å². The van der Waals surface area contributed by atoms with Crippen LogP contribution in [0, 0.1) is 0 Å². The monoisotopic (exact) mass is 252 g/mol. The van der Waals surface area contributed by atoms with Crippen molar-refractivity contribution in [3.8, 4) is 0 Å². The van der Waals surface area contributed by atoms with E-state index in [9.17, 15) is 0 Å². The van der Waals surface area contributed by atoms with E-state index >= 15 is 0 Å². The molecule has 3 rings (SSSR count). The first kappa shape index (κ1) is 10.3. The lowest BCUT2D eigenvalue weighted by molar-refractivity contribution is 0.578. The Kier molecular flexibility index (Phi) is 2.71. The second kappa shape index (κ2) is 4.20. The minimum Gasteiger partial charge on any atom is -0.345 e. The highest BCUT2D eigenvalue weighted by atomic mass is 35.5. The maximum Gasteiger partial charge on any atom is 0.186 e. The van der Waals surface area contributed by atoms with E-state index < -0.39 is 0 Å². The van der Waals surface area contributed by atoms with Crippen molar-refractivity contribution in [2.45, 2.75) is 0 Å². The summed E-state index contributed by atoms with van der Waals surface area (Å²) < 4.78 is 1.16. The first-order chi connectivity index (χ1) is 7.83. The quantitative estimate of drug-likeness (QED) is 0.780. The summed E-state index contributed by atoms with van der Waals surface area (Å²) in [4.78, 5) is 6.92. The van der Waals surface area contributed by atoms with Crippen molar-refractivity contribution in [3.63, 3.8) is 0 Å². The number of fused-ring (bicyclic) bond motifs is 1. The lowest BCUT2D eigenvalue weighted by Gasteiger charge is -2.25. The van der Waals surface area contributed by atoms with E-state index in [-0.39, 0.29) is 0 Å². The van der Waals surface area contributed by atoms with Crippen LogP contribution >= 0.6 is 22.9 Å². The van der Waals surface area contributed by atoms with Crippen molar-refractivity contribution in [2.24, 2.45) is 0 Å². The molecule has 1 aromatic heterocycles. The molecule has 2 heterocycles. The fraction of sp³-hybridized carbons (Fsp3) is 0.364. The zero-order valence-electron chi connectivity index (χ0n) is 8.69. The van der Waals surface area contributed by atoms with Gasteiger partial charge in [0.2, 0.25) is 0 Å². The zero-order valence-corrected chi connectivity index (χ0v) is 10.3. The van der Waals surface area contributed by atoms with Gasteiger partial charge in [0.05, 0.1) is 10.2 Å². The third kappa shape index (κ3) is 1.88. The predicted molar refractivity (Wildman–Crippen MR) is 68.7 cm³/mol. The molecule has 0 saturated carbocycles. The number of aromatic nitrogens is 1.